The van der Waals surface area contributed by atoms with Gasteiger partial charge in [-0.1, -0.05) is 11.6 Å². The molecule has 0 aliphatic carbocycles. The lowest BCUT2D eigenvalue weighted by molar-refractivity contribution is 0.0730. The van der Waals surface area contributed by atoms with Gasteiger partial charge in [-0.05, 0) is 49.4 Å². The van der Waals surface area contributed by atoms with Gasteiger partial charge in [-0.15, -0.1) is 0 Å². The lowest BCUT2D eigenvalue weighted by Gasteiger charge is -2.26. The average Bonchev–Trinajstić information content (AvgIpc) is 2.69. The Morgan fingerprint density at radius 1 is 1.04 bits per heavy atom. The van der Waals surface area contributed by atoms with Crippen LogP contribution in [0.25, 0.3) is 0 Å². The number of morpholine rings is 1. The fourth-order valence-corrected chi connectivity index (χ4v) is 4.67. The van der Waals surface area contributed by atoms with E-state index in [0.29, 0.717) is 24.5 Å². The van der Waals surface area contributed by atoms with Crippen LogP contribution in [-0.4, -0.2) is 50.7 Å². The third-order valence-corrected chi connectivity index (χ3v) is 6.71. The zero-order valence-electron chi connectivity index (χ0n) is 15.1. The molecule has 2 aromatic carbocycles. The molecule has 1 fully saturated rings. The van der Waals surface area contributed by atoms with Gasteiger partial charge in [0, 0.05) is 29.9 Å². The first kappa shape index (κ1) is 20.5. The number of nitrogens with zero attached hydrogens (tertiary/aromatic N) is 1. The second-order valence-electron chi connectivity index (χ2n) is 6.25. The maximum Gasteiger partial charge on any atom is 0.255 e. The second kappa shape index (κ2) is 8.40. The largest absolute Gasteiger partial charge is 0.379 e. The van der Waals surface area contributed by atoms with E-state index in [4.69, 9.17) is 16.3 Å². The summed E-state index contributed by atoms with van der Waals surface area (Å²) < 4.78 is 32.2. The van der Waals surface area contributed by atoms with Gasteiger partial charge in [-0.3, -0.25) is 9.59 Å². The number of rotatable bonds is 5. The van der Waals surface area contributed by atoms with Crippen LogP contribution in [0.3, 0.4) is 0 Å². The van der Waals surface area contributed by atoms with Crippen LogP contribution < -0.4 is 5.32 Å². The Labute approximate surface area is 168 Å². The molecule has 1 aliphatic rings. The summed E-state index contributed by atoms with van der Waals surface area (Å²) in [7, 11) is -3.83. The van der Waals surface area contributed by atoms with Crippen molar-refractivity contribution in [3.05, 3.63) is 58.6 Å². The van der Waals surface area contributed by atoms with Gasteiger partial charge in [0.2, 0.25) is 10.0 Å². The van der Waals surface area contributed by atoms with Crippen molar-refractivity contribution < 1.29 is 22.7 Å². The van der Waals surface area contributed by atoms with Crippen LogP contribution in [0.2, 0.25) is 5.02 Å². The molecular formula is C19H19ClN2O5S. The number of hydrogen-bond acceptors (Lipinski definition) is 5. The monoisotopic (exact) mass is 422 g/mol. The molecule has 0 aromatic heterocycles. The molecule has 148 valence electrons. The summed E-state index contributed by atoms with van der Waals surface area (Å²) in [5.41, 5.74) is 1.18. The molecule has 7 nitrogen and oxygen atoms in total. The minimum atomic E-state index is -3.83. The standard InChI is InChI=1S/C19H19ClN2O5S/c1-13(23)14-2-5-16(6-3-14)21-19(24)15-4-7-17(20)18(12-15)28(25,26)22-8-10-27-11-9-22/h2-7,12H,8-11H2,1H3,(H,21,24). The Kier molecular flexibility index (Phi) is 6.14. The van der Waals surface area contributed by atoms with Crippen molar-refractivity contribution in [1.29, 1.82) is 0 Å². The minimum absolute atomic E-state index is 0.0499. The first-order valence-corrected chi connectivity index (χ1v) is 10.4. The number of sulfonamides is 1. The second-order valence-corrected chi connectivity index (χ2v) is 8.56. The SMILES string of the molecule is CC(=O)c1ccc(NC(=O)c2ccc(Cl)c(S(=O)(=O)N3CCOCC3)c2)cc1. The van der Waals surface area contributed by atoms with E-state index in [1.165, 1.54) is 29.4 Å². The van der Waals surface area contributed by atoms with E-state index in [1.54, 1.807) is 24.3 Å². The van der Waals surface area contributed by atoms with E-state index in [0.717, 1.165) is 0 Å². The Bertz CT molecular complexity index is 999. The van der Waals surface area contributed by atoms with E-state index >= 15 is 0 Å². The molecule has 9 heteroatoms. The minimum Gasteiger partial charge on any atom is -0.379 e. The van der Waals surface area contributed by atoms with E-state index in [-0.39, 0.29) is 34.4 Å². The number of amides is 1. The van der Waals surface area contributed by atoms with Crippen molar-refractivity contribution in [3.63, 3.8) is 0 Å². The lowest BCUT2D eigenvalue weighted by atomic mass is 10.1. The summed E-state index contributed by atoms with van der Waals surface area (Å²) in [5, 5.41) is 2.73. The number of halogens is 1. The summed E-state index contributed by atoms with van der Waals surface area (Å²) in [6, 6.07) is 10.5. The molecule has 3 rings (SSSR count). The number of benzene rings is 2. The summed E-state index contributed by atoms with van der Waals surface area (Å²) in [4.78, 5) is 23.8. The van der Waals surface area contributed by atoms with Crippen LogP contribution in [0.4, 0.5) is 5.69 Å². The highest BCUT2D eigenvalue weighted by atomic mass is 35.5. The lowest BCUT2D eigenvalue weighted by Crippen LogP contribution is -2.40. The molecule has 0 spiro atoms. The molecule has 1 N–H and O–H groups in total. The zero-order chi connectivity index (χ0) is 20.3. The molecule has 0 unspecified atom stereocenters. The van der Waals surface area contributed by atoms with Crippen LogP contribution in [-0.2, 0) is 14.8 Å². The van der Waals surface area contributed by atoms with Crippen LogP contribution in [0.1, 0.15) is 27.6 Å². The summed E-state index contributed by atoms with van der Waals surface area (Å²) >= 11 is 6.11. The van der Waals surface area contributed by atoms with Crippen molar-refractivity contribution in [3.8, 4) is 0 Å². The third kappa shape index (κ3) is 4.41. The van der Waals surface area contributed by atoms with Gasteiger partial charge in [-0.25, -0.2) is 8.42 Å². The summed E-state index contributed by atoms with van der Waals surface area (Å²) in [5.74, 6) is -0.556. The van der Waals surface area contributed by atoms with Gasteiger partial charge < -0.3 is 10.1 Å². The van der Waals surface area contributed by atoms with Gasteiger partial charge in [0.1, 0.15) is 4.90 Å². The van der Waals surface area contributed by atoms with Crippen molar-refractivity contribution in [1.82, 2.24) is 4.31 Å². The van der Waals surface area contributed by atoms with Gasteiger partial charge in [-0.2, -0.15) is 4.31 Å². The number of ketones is 1. The summed E-state index contributed by atoms with van der Waals surface area (Å²) in [6.45, 7) is 2.55. The molecule has 0 atom stereocenters. The number of nitrogens with one attached hydrogen (secondary N) is 1. The number of anilines is 1. The zero-order valence-corrected chi connectivity index (χ0v) is 16.7. The van der Waals surface area contributed by atoms with Gasteiger partial charge >= 0.3 is 0 Å². The molecular weight excluding hydrogens is 404 g/mol. The predicted molar refractivity (Wildman–Crippen MR) is 105 cm³/mol. The molecule has 0 radical (unpaired) electrons. The highest BCUT2D eigenvalue weighted by Gasteiger charge is 2.29. The Hall–Kier alpha value is -2.26. The highest BCUT2D eigenvalue weighted by Crippen LogP contribution is 2.27. The molecule has 1 heterocycles. The summed E-state index contributed by atoms with van der Waals surface area (Å²) in [6.07, 6.45) is 0. The van der Waals surface area contributed by atoms with E-state index in [2.05, 4.69) is 5.32 Å². The molecule has 1 saturated heterocycles. The number of ether oxygens (including phenoxy) is 1. The van der Waals surface area contributed by atoms with E-state index in [9.17, 15) is 18.0 Å². The smallest absolute Gasteiger partial charge is 0.255 e. The molecule has 1 amide bonds. The van der Waals surface area contributed by atoms with Gasteiger partial charge in [0.05, 0.1) is 18.2 Å². The third-order valence-electron chi connectivity index (χ3n) is 4.33. The Morgan fingerprint density at radius 3 is 2.25 bits per heavy atom. The molecule has 1 aliphatic heterocycles. The van der Waals surface area contributed by atoms with Gasteiger partial charge in [0.25, 0.3) is 5.91 Å². The van der Waals surface area contributed by atoms with Crippen LogP contribution in [0.5, 0.6) is 0 Å². The van der Waals surface area contributed by atoms with Crippen molar-refractivity contribution in [2.75, 3.05) is 31.6 Å². The van der Waals surface area contributed by atoms with Gasteiger partial charge in [0.15, 0.2) is 5.78 Å². The van der Waals surface area contributed by atoms with Crippen LogP contribution in [0.15, 0.2) is 47.4 Å². The number of hydrogen-bond donors (Lipinski definition) is 1. The number of carbonyl (C=O) groups excluding carboxylic acids is 2. The molecule has 0 bridgehead atoms. The van der Waals surface area contributed by atoms with E-state index in [1.807, 2.05) is 0 Å². The van der Waals surface area contributed by atoms with Crippen LogP contribution >= 0.6 is 11.6 Å². The Balaban J connectivity index is 1.83. The normalized spacial score (nSPS) is 15.2. The fraction of sp³-hybridized carbons (Fsp3) is 0.263. The van der Waals surface area contributed by atoms with Crippen molar-refractivity contribution in [2.45, 2.75) is 11.8 Å². The fourth-order valence-electron chi connectivity index (χ4n) is 2.76. The molecule has 0 saturated carbocycles. The molecule has 2 aromatic rings. The quantitative estimate of drug-likeness (QED) is 0.748. The topological polar surface area (TPSA) is 92.8 Å². The number of carbonyl (C=O) groups is 2. The van der Waals surface area contributed by atoms with Crippen molar-refractivity contribution >= 4 is 39.0 Å². The first-order chi connectivity index (χ1) is 13.3. The first-order valence-electron chi connectivity index (χ1n) is 8.59. The van der Waals surface area contributed by atoms with E-state index < -0.39 is 15.9 Å². The average molecular weight is 423 g/mol. The molecule has 28 heavy (non-hydrogen) atoms. The van der Waals surface area contributed by atoms with Crippen molar-refractivity contribution in [2.24, 2.45) is 0 Å². The number of Topliss-reactive ketones (excluding diaryl/α,β-unsaturated/α-hetero) is 1. The Morgan fingerprint density at radius 2 is 1.64 bits per heavy atom. The predicted octanol–water partition coefficient (Wildman–Crippen LogP) is 2.82. The maximum atomic E-state index is 12.9. The van der Waals surface area contributed by atoms with Crippen LogP contribution in [0, 0.1) is 0 Å². The highest BCUT2D eigenvalue weighted by molar-refractivity contribution is 7.89. The maximum absolute atomic E-state index is 12.9.